The molecule has 0 bridgehead atoms. The van der Waals surface area contributed by atoms with E-state index in [0.29, 0.717) is 5.92 Å². The Morgan fingerprint density at radius 1 is 1.16 bits per heavy atom. The van der Waals surface area contributed by atoms with E-state index in [1.807, 2.05) is 30.3 Å². The number of nitrogens with zero attached hydrogens (tertiary/aromatic N) is 1. The van der Waals surface area contributed by atoms with E-state index in [4.69, 9.17) is 10.1 Å². The van der Waals surface area contributed by atoms with Crippen LogP contribution in [0, 0.1) is 17.2 Å². The lowest BCUT2D eigenvalue weighted by Crippen LogP contribution is -2.23. The second-order valence-corrected chi connectivity index (χ2v) is 5.33. The molecule has 1 aromatic rings. The van der Waals surface area contributed by atoms with Crippen LogP contribution >= 0.6 is 0 Å². The molecule has 1 aliphatic carbocycles. The summed E-state index contributed by atoms with van der Waals surface area (Å²) in [5.74, 6) is 2.20. The molecule has 0 heterocycles. The van der Waals surface area contributed by atoms with Crippen LogP contribution in [0.2, 0.25) is 0 Å². The Labute approximate surface area is 115 Å². The first-order chi connectivity index (χ1) is 9.20. The molecule has 0 aliphatic heterocycles. The highest BCUT2D eigenvalue weighted by molar-refractivity contribution is 6.03. The highest BCUT2D eigenvalue weighted by atomic mass is 16.5. The molecular weight excluding hydrogens is 236 g/mol. The number of amidine groups is 1. The summed E-state index contributed by atoms with van der Waals surface area (Å²) in [6, 6.07) is 9.60. The Morgan fingerprint density at radius 2 is 1.79 bits per heavy atom. The van der Waals surface area contributed by atoms with E-state index in [-0.39, 0.29) is 5.84 Å². The smallest absolute Gasteiger partial charge is 0.192 e. The van der Waals surface area contributed by atoms with Gasteiger partial charge in [0.1, 0.15) is 0 Å². The van der Waals surface area contributed by atoms with E-state index in [9.17, 15) is 0 Å². The third-order valence-corrected chi connectivity index (χ3v) is 3.84. The first-order valence-electron chi connectivity index (χ1n) is 6.97. The summed E-state index contributed by atoms with van der Waals surface area (Å²) >= 11 is 0. The molecule has 0 radical (unpaired) electrons. The number of aliphatic imine (C=N–C) groups is 1. The van der Waals surface area contributed by atoms with Gasteiger partial charge in [0.15, 0.2) is 11.7 Å². The van der Waals surface area contributed by atoms with Gasteiger partial charge in [0.25, 0.3) is 0 Å². The standard InChI is InChI=1S/C16H22N2O/c1-12-8-10-14(11-9-12)16(19-2)18-15(17)13-6-4-3-5-7-13/h3-7,12,14,17H,8-11H2,1-2H3/b17-15?,18-16-. The third kappa shape index (κ3) is 3.66. The molecule has 0 unspecified atom stereocenters. The fraction of sp³-hybridized carbons (Fsp3) is 0.500. The highest BCUT2D eigenvalue weighted by Gasteiger charge is 2.23. The molecule has 19 heavy (non-hydrogen) atoms. The van der Waals surface area contributed by atoms with Gasteiger partial charge >= 0.3 is 0 Å². The molecule has 3 nitrogen and oxygen atoms in total. The zero-order valence-electron chi connectivity index (χ0n) is 11.7. The Balaban J connectivity index is 2.08. The maximum atomic E-state index is 8.05. The fourth-order valence-corrected chi connectivity index (χ4v) is 2.58. The summed E-state index contributed by atoms with van der Waals surface area (Å²) in [6.45, 7) is 2.30. The minimum Gasteiger partial charge on any atom is -0.484 e. The lowest BCUT2D eigenvalue weighted by Gasteiger charge is -2.26. The zero-order chi connectivity index (χ0) is 13.7. The van der Waals surface area contributed by atoms with Crippen LogP contribution in [0.15, 0.2) is 35.3 Å². The largest absolute Gasteiger partial charge is 0.484 e. The molecule has 1 fully saturated rings. The van der Waals surface area contributed by atoms with Crippen molar-refractivity contribution >= 4 is 11.7 Å². The van der Waals surface area contributed by atoms with Crippen molar-refractivity contribution in [2.75, 3.05) is 7.11 Å². The maximum absolute atomic E-state index is 8.05. The van der Waals surface area contributed by atoms with Crippen molar-refractivity contribution < 1.29 is 4.74 Å². The van der Waals surface area contributed by atoms with Crippen LogP contribution in [-0.4, -0.2) is 18.8 Å². The van der Waals surface area contributed by atoms with Gasteiger partial charge in [-0.2, -0.15) is 4.99 Å². The average Bonchev–Trinajstić information content (AvgIpc) is 2.46. The maximum Gasteiger partial charge on any atom is 0.192 e. The number of benzene rings is 1. The van der Waals surface area contributed by atoms with E-state index in [2.05, 4.69) is 11.9 Å². The van der Waals surface area contributed by atoms with E-state index >= 15 is 0 Å². The summed E-state index contributed by atoms with van der Waals surface area (Å²) < 4.78 is 5.43. The predicted molar refractivity (Wildman–Crippen MR) is 78.8 cm³/mol. The van der Waals surface area contributed by atoms with E-state index in [1.54, 1.807) is 7.11 Å². The van der Waals surface area contributed by atoms with Crippen molar-refractivity contribution in [1.82, 2.24) is 0 Å². The van der Waals surface area contributed by atoms with Crippen LogP contribution in [0.4, 0.5) is 0 Å². The Bertz CT molecular complexity index is 445. The van der Waals surface area contributed by atoms with Gasteiger partial charge in [0.2, 0.25) is 0 Å². The molecule has 3 heteroatoms. The second kappa shape index (κ2) is 6.50. The number of methoxy groups -OCH3 is 1. The zero-order valence-corrected chi connectivity index (χ0v) is 11.7. The van der Waals surface area contributed by atoms with Crippen molar-refractivity contribution in [2.45, 2.75) is 32.6 Å². The summed E-state index contributed by atoms with van der Waals surface area (Å²) in [7, 11) is 1.66. The molecule has 0 saturated heterocycles. The number of rotatable bonds is 2. The van der Waals surface area contributed by atoms with Crippen LogP contribution in [-0.2, 0) is 4.74 Å². The molecular formula is C16H22N2O. The van der Waals surface area contributed by atoms with E-state index < -0.39 is 0 Å². The monoisotopic (exact) mass is 258 g/mol. The minimum absolute atomic E-state index is 0.288. The minimum atomic E-state index is 0.288. The topological polar surface area (TPSA) is 45.4 Å². The Morgan fingerprint density at radius 3 is 2.37 bits per heavy atom. The summed E-state index contributed by atoms with van der Waals surface area (Å²) in [4.78, 5) is 4.39. The van der Waals surface area contributed by atoms with Gasteiger partial charge in [0.05, 0.1) is 7.11 Å². The third-order valence-electron chi connectivity index (χ3n) is 3.84. The molecule has 0 amide bonds. The fourth-order valence-electron chi connectivity index (χ4n) is 2.58. The molecule has 1 aromatic carbocycles. The first-order valence-corrected chi connectivity index (χ1v) is 6.97. The molecule has 0 spiro atoms. The molecule has 102 valence electrons. The molecule has 1 saturated carbocycles. The molecule has 1 N–H and O–H groups in total. The first kappa shape index (κ1) is 13.8. The van der Waals surface area contributed by atoms with E-state index in [0.717, 1.165) is 30.2 Å². The van der Waals surface area contributed by atoms with Gasteiger partial charge in [0, 0.05) is 11.5 Å². The predicted octanol–water partition coefficient (Wildman–Crippen LogP) is 3.88. The van der Waals surface area contributed by atoms with Crippen molar-refractivity contribution in [3.8, 4) is 0 Å². The summed E-state index contributed by atoms with van der Waals surface area (Å²) in [6.07, 6.45) is 4.70. The highest BCUT2D eigenvalue weighted by Crippen LogP contribution is 2.29. The van der Waals surface area contributed by atoms with Crippen molar-refractivity contribution in [3.05, 3.63) is 35.9 Å². The van der Waals surface area contributed by atoms with Crippen LogP contribution in [0.1, 0.15) is 38.2 Å². The van der Waals surface area contributed by atoms with Crippen LogP contribution in [0.25, 0.3) is 0 Å². The van der Waals surface area contributed by atoms with Crippen LogP contribution in [0.3, 0.4) is 0 Å². The van der Waals surface area contributed by atoms with Gasteiger partial charge in [-0.1, -0.05) is 37.3 Å². The number of nitrogens with one attached hydrogen (secondary N) is 1. The number of ether oxygens (including phenoxy) is 1. The van der Waals surface area contributed by atoms with Crippen molar-refractivity contribution in [2.24, 2.45) is 16.8 Å². The molecule has 0 aromatic heterocycles. The van der Waals surface area contributed by atoms with Crippen molar-refractivity contribution in [3.63, 3.8) is 0 Å². The average molecular weight is 258 g/mol. The normalized spacial score (nSPS) is 24.0. The number of hydrogen-bond acceptors (Lipinski definition) is 2. The lowest BCUT2D eigenvalue weighted by molar-refractivity contribution is 0.291. The lowest BCUT2D eigenvalue weighted by atomic mass is 9.83. The molecule has 1 aliphatic rings. The van der Waals surface area contributed by atoms with Crippen LogP contribution in [0.5, 0.6) is 0 Å². The van der Waals surface area contributed by atoms with E-state index in [1.165, 1.54) is 12.8 Å². The SMILES string of the molecule is CO/C(=N\C(=N)c1ccccc1)C1CCC(C)CC1. The Kier molecular flexibility index (Phi) is 4.72. The van der Waals surface area contributed by atoms with Gasteiger partial charge in [-0.15, -0.1) is 0 Å². The summed E-state index contributed by atoms with van der Waals surface area (Å²) in [5, 5.41) is 8.05. The van der Waals surface area contributed by atoms with Gasteiger partial charge in [-0.3, -0.25) is 5.41 Å². The van der Waals surface area contributed by atoms with Gasteiger partial charge in [-0.25, -0.2) is 0 Å². The molecule has 0 atom stereocenters. The summed E-state index contributed by atoms with van der Waals surface area (Å²) in [5.41, 5.74) is 0.834. The quantitative estimate of drug-likeness (QED) is 0.635. The number of hydrogen-bond donors (Lipinski definition) is 1. The molecule has 2 rings (SSSR count). The van der Waals surface area contributed by atoms with Crippen molar-refractivity contribution in [1.29, 1.82) is 5.41 Å². The van der Waals surface area contributed by atoms with Crippen LogP contribution < -0.4 is 0 Å². The van der Waals surface area contributed by atoms with Gasteiger partial charge in [-0.05, 0) is 31.6 Å². The Hall–Kier alpha value is -1.64. The second-order valence-electron chi connectivity index (χ2n) is 5.33. The van der Waals surface area contributed by atoms with Gasteiger partial charge < -0.3 is 4.74 Å².